The molecule has 2 aromatic rings. The fourth-order valence-corrected chi connectivity index (χ4v) is 2.42. The number of hydrogen-bond acceptors (Lipinski definition) is 5. The SMILES string of the molecule is O=C(O)COc1nc(-c2cccs2)cs1. The maximum atomic E-state index is 10.3. The molecular formula is C9H7NO3S2. The van der Waals surface area contributed by atoms with E-state index in [0.717, 1.165) is 10.6 Å². The van der Waals surface area contributed by atoms with Crippen LogP contribution < -0.4 is 4.74 Å². The van der Waals surface area contributed by atoms with Gasteiger partial charge in [0.15, 0.2) is 6.61 Å². The van der Waals surface area contributed by atoms with Crippen molar-refractivity contribution in [1.29, 1.82) is 0 Å². The maximum absolute atomic E-state index is 10.3. The summed E-state index contributed by atoms with van der Waals surface area (Å²) in [7, 11) is 0. The standard InChI is InChI=1S/C9H7NO3S2/c11-8(12)4-13-9-10-6(5-15-9)7-2-1-3-14-7/h1-3,5H,4H2,(H,11,12). The first kappa shape index (κ1) is 10.1. The van der Waals surface area contributed by atoms with E-state index >= 15 is 0 Å². The van der Waals surface area contributed by atoms with Crippen molar-refractivity contribution in [2.75, 3.05) is 6.61 Å². The predicted molar refractivity (Wildman–Crippen MR) is 58.6 cm³/mol. The lowest BCUT2D eigenvalue weighted by atomic mass is 10.4. The van der Waals surface area contributed by atoms with E-state index in [2.05, 4.69) is 4.98 Å². The number of aliphatic carboxylic acids is 1. The van der Waals surface area contributed by atoms with E-state index in [4.69, 9.17) is 9.84 Å². The third-order valence-electron chi connectivity index (χ3n) is 1.58. The van der Waals surface area contributed by atoms with E-state index in [9.17, 15) is 4.79 Å². The van der Waals surface area contributed by atoms with E-state index in [1.54, 1.807) is 11.3 Å². The van der Waals surface area contributed by atoms with Gasteiger partial charge in [0.1, 0.15) is 0 Å². The van der Waals surface area contributed by atoms with Gasteiger partial charge in [0.25, 0.3) is 5.19 Å². The molecule has 0 radical (unpaired) electrons. The van der Waals surface area contributed by atoms with Gasteiger partial charge in [-0.3, -0.25) is 0 Å². The second-order valence-corrected chi connectivity index (χ2v) is 4.43. The normalized spacial score (nSPS) is 10.1. The molecule has 0 aliphatic heterocycles. The van der Waals surface area contributed by atoms with Crippen molar-refractivity contribution in [1.82, 2.24) is 4.98 Å². The molecule has 0 aliphatic carbocycles. The van der Waals surface area contributed by atoms with Crippen LogP contribution in [0.15, 0.2) is 22.9 Å². The zero-order valence-electron chi connectivity index (χ0n) is 7.54. The molecule has 6 heteroatoms. The van der Waals surface area contributed by atoms with Crippen molar-refractivity contribution in [3.8, 4) is 15.8 Å². The number of carboxylic acid groups (broad SMARTS) is 1. The van der Waals surface area contributed by atoms with Crippen molar-refractivity contribution in [2.24, 2.45) is 0 Å². The Morgan fingerprint density at radius 2 is 2.40 bits per heavy atom. The Labute approximate surface area is 93.8 Å². The Balaban J connectivity index is 2.08. The number of thiazole rings is 1. The van der Waals surface area contributed by atoms with Gasteiger partial charge in [-0.2, -0.15) is 0 Å². The Morgan fingerprint density at radius 1 is 1.53 bits per heavy atom. The molecular weight excluding hydrogens is 234 g/mol. The number of ether oxygens (including phenoxy) is 1. The second-order valence-electron chi connectivity index (χ2n) is 2.66. The third-order valence-corrected chi connectivity index (χ3v) is 3.22. The summed E-state index contributed by atoms with van der Waals surface area (Å²) in [5.74, 6) is -0.997. The van der Waals surface area contributed by atoms with Gasteiger partial charge >= 0.3 is 5.97 Å². The number of carboxylic acids is 1. The molecule has 0 saturated heterocycles. The highest BCUT2D eigenvalue weighted by Gasteiger charge is 2.07. The first-order chi connectivity index (χ1) is 7.25. The first-order valence-electron chi connectivity index (χ1n) is 4.09. The lowest BCUT2D eigenvalue weighted by Gasteiger charge is -1.95. The summed E-state index contributed by atoms with van der Waals surface area (Å²) in [5, 5.41) is 12.6. The van der Waals surface area contributed by atoms with Crippen molar-refractivity contribution >= 4 is 28.6 Å². The Hall–Kier alpha value is -1.40. The van der Waals surface area contributed by atoms with Gasteiger partial charge in [-0.05, 0) is 11.4 Å². The molecule has 78 valence electrons. The number of rotatable bonds is 4. The highest BCUT2D eigenvalue weighted by molar-refractivity contribution is 7.14. The van der Waals surface area contributed by atoms with Crippen LogP contribution in [0.25, 0.3) is 10.6 Å². The highest BCUT2D eigenvalue weighted by atomic mass is 32.1. The summed E-state index contributed by atoms with van der Waals surface area (Å²) in [5.41, 5.74) is 0.829. The van der Waals surface area contributed by atoms with E-state index in [-0.39, 0.29) is 6.61 Å². The molecule has 0 atom stereocenters. The lowest BCUT2D eigenvalue weighted by Crippen LogP contribution is -2.09. The number of carbonyl (C=O) groups is 1. The van der Waals surface area contributed by atoms with Crippen LogP contribution in [-0.4, -0.2) is 22.7 Å². The summed E-state index contributed by atoms with van der Waals surface area (Å²) in [6.45, 7) is -0.350. The Bertz CT molecular complexity index is 450. The average Bonchev–Trinajstić information content (AvgIpc) is 2.85. The average molecular weight is 241 g/mol. The molecule has 0 unspecified atom stereocenters. The minimum atomic E-state index is -0.997. The topological polar surface area (TPSA) is 59.4 Å². The van der Waals surface area contributed by atoms with Crippen LogP contribution >= 0.6 is 22.7 Å². The largest absolute Gasteiger partial charge is 0.479 e. The van der Waals surface area contributed by atoms with Gasteiger partial charge in [-0.25, -0.2) is 9.78 Å². The highest BCUT2D eigenvalue weighted by Crippen LogP contribution is 2.29. The molecule has 15 heavy (non-hydrogen) atoms. The van der Waals surface area contributed by atoms with Gasteiger partial charge in [-0.15, -0.1) is 11.3 Å². The van der Waals surface area contributed by atoms with Gasteiger partial charge in [-0.1, -0.05) is 17.4 Å². The maximum Gasteiger partial charge on any atom is 0.341 e. The first-order valence-corrected chi connectivity index (χ1v) is 5.85. The van der Waals surface area contributed by atoms with E-state index < -0.39 is 5.97 Å². The zero-order valence-corrected chi connectivity index (χ0v) is 9.18. The summed E-state index contributed by atoms with van der Waals surface area (Å²) >= 11 is 2.89. The van der Waals surface area contributed by atoms with Crippen LogP contribution in [0.2, 0.25) is 0 Å². The Morgan fingerprint density at radius 3 is 3.07 bits per heavy atom. The molecule has 0 fully saturated rings. The van der Waals surface area contributed by atoms with Crippen molar-refractivity contribution < 1.29 is 14.6 Å². The quantitative estimate of drug-likeness (QED) is 0.892. The predicted octanol–water partition coefficient (Wildman–Crippen LogP) is 2.34. The number of aromatic nitrogens is 1. The minimum Gasteiger partial charge on any atom is -0.479 e. The summed E-state index contributed by atoms with van der Waals surface area (Å²) < 4.78 is 4.96. The second kappa shape index (κ2) is 4.41. The van der Waals surface area contributed by atoms with Crippen LogP contribution in [0.5, 0.6) is 5.19 Å². The van der Waals surface area contributed by atoms with Gasteiger partial charge in [0.05, 0.1) is 10.6 Å². The van der Waals surface area contributed by atoms with E-state index in [1.165, 1.54) is 11.3 Å². The lowest BCUT2D eigenvalue weighted by molar-refractivity contribution is -0.139. The van der Waals surface area contributed by atoms with Crippen LogP contribution in [0.3, 0.4) is 0 Å². The molecule has 0 spiro atoms. The fraction of sp³-hybridized carbons (Fsp3) is 0.111. The molecule has 0 saturated carbocycles. The van der Waals surface area contributed by atoms with Crippen molar-refractivity contribution in [3.63, 3.8) is 0 Å². The molecule has 0 aromatic carbocycles. The fourth-order valence-electron chi connectivity index (χ4n) is 0.985. The third kappa shape index (κ3) is 2.54. The smallest absolute Gasteiger partial charge is 0.341 e. The summed E-state index contributed by atoms with van der Waals surface area (Å²) in [6, 6.07) is 3.90. The molecule has 0 amide bonds. The molecule has 0 bridgehead atoms. The summed E-state index contributed by atoms with van der Waals surface area (Å²) in [6.07, 6.45) is 0. The number of thiophene rings is 1. The van der Waals surface area contributed by atoms with Crippen LogP contribution in [0.1, 0.15) is 0 Å². The number of nitrogens with zero attached hydrogens (tertiary/aromatic N) is 1. The Kier molecular flexibility index (Phi) is 2.98. The molecule has 2 rings (SSSR count). The molecule has 2 heterocycles. The minimum absolute atomic E-state index is 0.350. The molecule has 2 aromatic heterocycles. The van der Waals surface area contributed by atoms with Crippen LogP contribution in [0.4, 0.5) is 0 Å². The summed E-state index contributed by atoms with van der Waals surface area (Å²) in [4.78, 5) is 15.5. The molecule has 1 N–H and O–H groups in total. The van der Waals surface area contributed by atoms with Gasteiger partial charge < -0.3 is 9.84 Å². The van der Waals surface area contributed by atoms with E-state index in [1.807, 2.05) is 22.9 Å². The molecule has 0 aliphatic rings. The van der Waals surface area contributed by atoms with Gasteiger partial charge in [0.2, 0.25) is 0 Å². The van der Waals surface area contributed by atoms with E-state index in [0.29, 0.717) is 5.19 Å². The van der Waals surface area contributed by atoms with Crippen LogP contribution in [-0.2, 0) is 4.79 Å². The van der Waals surface area contributed by atoms with Crippen molar-refractivity contribution in [3.05, 3.63) is 22.9 Å². The monoisotopic (exact) mass is 241 g/mol. The van der Waals surface area contributed by atoms with Gasteiger partial charge in [0, 0.05) is 5.38 Å². The van der Waals surface area contributed by atoms with Crippen molar-refractivity contribution in [2.45, 2.75) is 0 Å². The number of hydrogen-bond donors (Lipinski definition) is 1. The van der Waals surface area contributed by atoms with Crippen LogP contribution in [0, 0.1) is 0 Å². The zero-order chi connectivity index (χ0) is 10.7. The molecule has 4 nitrogen and oxygen atoms in total.